The van der Waals surface area contributed by atoms with E-state index < -0.39 is 0 Å². The molecule has 4 aromatic rings. The van der Waals surface area contributed by atoms with Crippen LogP contribution < -0.4 is 4.74 Å². The Balaban J connectivity index is 1.52. The van der Waals surface area contributed by atoms with Crippen molar-refractivity contribution in [3.05, 3.63) is 89.1 Å². The summed E-state index contributed by atoms with van der Waals surface area (Å²) in [7, 11) is 0. The number of benzene rings is 2. The van der Waals surface area contributed by atoms with Crippen LogP contribution in [0.5, 0.6) is 5.75 Å². The summed E-state index contributed by atoms with van der Waals surface area (Å²) in [5.41, 5.74) is 4.59. The summed E-state index contributed by atoms with van der Waals surface area (Å²) in [6, 6.07) is 18.3. The van der Waals surface area contributed by atoms with Gasteiger partial charge in [-0.2, -0.15) is 0 Å². The zero-order chi connectivity index (χ0) is 20.2. The summed E-state index contributed by atoms with van der Waals surface area (Å²) in [4.78, 5) is 7.95. The number of H-pyrrole nitrogens is 1. The molecule has 0 aliphatic heterocycles. The molecule has 2 aromatic carbocycles. The third-order valence-electron chi connectivity index (χ3n) is 5.02. The molecule has 0 unspecified atom stereocenters. The summed E-state index contributed by atoms with van der Waals surface area (Å²) in [5, 5.41) is 0.734. The van der Waals surface area contributed by atoms with E-state index in [1.165, 1.54) is 5.69 Å². The van der Waals surface area contributed by atoms with Gasteiger partial charge in [0.25, 0.3) is 0 Å². The van der Waals surface area contributed by atoms with E-state index in [1.54, 1.807) is 0 Å². The first kappa shape index (κ1) is 19.3. The van der Waals surface area contributed by atoms with Crippen LogP contribution in [0.3, 0.4) is 0 Å². The van der Waals surface area contributed by atoms with Crippen molar-refractivity contribution in [3.8, 4) is 22.7 Å². The Hall–Kier alpha value is -2.98. The molecule has 0 atom stereocenters. The Morgan fingerprint density at radius 3 is 2.59 bits per heavy atom. The molecule has 1 N–H and O–H groups in total. The highest BCUT2D eigenvalue weighted by molar-refractivity contribution is 6.30. The Bertz CT molecular complexity index is 1100. The number of nitrogens with one attached hydrogen (secondary N) is 1. The highest BCUT2D eigenvalue weighted by atomic mass is 35.5. The van der Waals surface area contributed by atoms with Gasteiger partial charge in [0.15, 0.2) is 0 Å². The molecule has 2 heterocycles. The maximum Gasteiger partial charge on any atom is 0.123 e. The summed E-state index contributed by atoms with van der Waals surface area (Å²) < 4.78 is 8.02. The fourth-order valence-electron chi connectivity index (χ4n) is 3.45. The van der Waals surface area contributed by atoms with Gasteiger partial charge in [-0.3, -0.25) is 4.57 Å². The van der Waals surface area contributed by atoms with E-state index >= 15 is 0 Å². The zero-order valence-corrected chi connectivity index (χ0v) is 17.4. The first-order valence-corrected chi connectivity index (χ1v) is 10.2. The van der Waals surface area contributed by atoms with Crippen molar-refractivity contribution in [1.82, 2.24) is 14.5 Å². The Morgan fingerprint density at radius 1 is 1.07 bits per heavy atom. The minimum absolute atomic E-state index is 0.680. The second kappa shape index (κ2) is 8.58. The van der Waals surface area contributed by atoms with Gasteiger partial charge in [0.1, 0.15) is 17.4 Å². The van der Waals surface area contributed by atoms with Crippen molar-refractivity contribution in [1.29, 1.82) is 0 Å². The van der Waals surface area contributed by atoms with E-state index in [4.69, 9.17) is 16.3 Å². The molecule has 0 saturated heterocycles. The van der Waals surface area contributed by atoms with Crippen LogP contribution >= 0.6 is 11.6 Å². The number of nitrogens with zero attached hydrogens (tertiary/aromatic N) is 2. The maximum absolute atomic E-state index is 6.08. The van der Waals surface area contributed by atoms with Crippen LogP contribution in [0, 0.1) is 13.8 Å². The summed E-state index contributed by atoms with van der Waals surface area (Å²) in [6.45, 7) is 4.75. The Morgan fingerprint density at radius 2 is 1.86 bits per heavy atom. The number of para-hydroxylation sites is 1. The van der Waals surface area contributed by atoms with E-state index in [9.17, 15) is 0 Å². The second-order valence-electron chi connectivity index (χ2n) is 7.13. The number of rotatable bonds is 7. The summed E-state index contributed by atoms with van der Waals surface area (Å²) >= 11 is 6.08. The van der Waals surface area contributed by atoms with Crippen LogP contribution in [-0.2, 0) is 6.42 Å². The van der Waals surface area contributed by atoms with Gasteiger partial charge in [-0.05, 0) is 62.1 Å². The van der Waals surface area contributed by atoms with E-state index in [0.29, 0.717) is 6.61 Å². The normalized spacial score (nSPS) is 11.0. The van der Waals surface area contributed by atoms with Crippen molar-refractivity contribution in [2.45, 2.75) is 26.7 Å². The number of aromatic nitrogens is 3. The molecule has 0 aliphatic carbocycles. The average molecular weight is 406 g/mol. The van der Waals surface area contributed by atoms with Crippen molar-refractivity contribution in [3.63, 3.8) is 0 Å². The van der Waals surface area contributed by atoms with Gasteiger partial charge >= 0.3 is 0 Å². The molecule has 29 heavy (non-hydrogen) atoms. The van der Waals surface area contributed by atoms with Gasteiger partial charge in [0.05, 0.1) is 6.61 Å². The lowest BCUT2D eigenvalue weighted by molar-refractivity contribution is 0.308. The minimum atomic E-state index is 0.680. The zero-order valence-electron chi connectivity index (χ0n) is 16.7. The van der Waals surface area contributed by atoms with Gasteiger partial charge < -0.3 is 9.72 Å². The van der Waals surface area contributed by atoms with Gasteiger partial charge in [-0.15, -0.1) is 0 Å². The SMILES string of the molecule is Cc1ccccc1OCCCc1cc(-c2ccc(Cl)cc2)c(-n2ccnc2C)[nH]1. The molecule has 0 radical (unpaired) electrons. The Kier molecular flexibility index (Phi) is 5.72. The first-order valence-electron chi connectivity index (χ1n) is 9.78. The molecule has 2 aromatic heterocycles. The maximum atomic E-state index is 6.08. The largest absolute Gasteiger partial charge is 0.493 e. The van der Waals surface area contributed by atoms with E-state index in [1.807, 2.05) is 61.8 Å². The molecule has 4 nitrogen and oxygen atoms in total. The summed E-state index contributed by atoms with van der Waals surface area (Å²) in [5.74, 6) is 2.92. The molecular formula is C24H24ClN3O. The quantitative estimate of drug-likeness (QED) is 0.375. The van der Waals surface area contributed by atoms with Crippen LogP contribution in [-0.4, -0.2) is 21.1 Å². The van der Waals surface area contributed by atoms with Crippen molar-refractivity contribution >= 4 is 11.6 Å². The molecule has 0 amide bonds. The highest BCUT2D eigenvalue weighted by Crippen LogP contribution is 2.30. The van der Waals surface area contributed by atoms with Crippen LogP contribution in [0.25, 0.3) is 16.9 Å². The topological polar surface area (TPSA) is 42.8 Å². The van der Waals surface area contributed by atoms with Crippen molar-refractivity contribution in [2.75, 3.05) is 6.61 Å². The lowest BCUT2D eigenvalue weighted by atomic mass is 10.1. The molecule has 0 saturated carbocycles. The number of imidazole rings is 1. The highest BCUT2D eigenvalue weighted by Gasteiger charge is 2.14. The molecule has 0 spiro atoms. The molecule has 5 heteroatoms. The predicted octanol–water partition coefficient (Wildman–Crippen LogP) is 6.15. The van der Waals surface area contributed by atoms with Crippen LogP contribution in [0.1, 0.15) is 23.5 Å². The number of halogens is 1. The molecule has 4 rings (SSSR count). The molecule has 0 bridgehead atoms. The van der Waals surface area contributed by atoms with Gasteiger partial charge in [0.2, 0.25) is 0 Å². The van der Waals surface area contributed by atoms with Gasteiger partial charge in [-0.1, -0.05) is 41.9 Å². The molecule has 148 valence electrons. The molecular weight excluding hydrogens is 382 g/mol. The molecule has 0 fully saturated rings. The van der Waals surface area contributed by atoms with E-state index in [-0.39, 0.29) is 0 Å². The van der Waals surface area contributed by atoms with Crippen LogP contribution in [0.4, 0.5) is 0 Å². The summed E-state index contributed by atoms with van der Waals surface area (Å²) in [6.07, 6.45) is 5.63. The van der Waals surface area contributed by atoms with Crippen molar-refractivity contribution < 1.29 is 4.74 Å². The van der Waals surface area contributed by atoms with E-state index in [0.717, 1.165) is 51.9 Å². The number of hydrogen-bond acceptors (Lipinski definition) is 2. The fraction of sp³-hybridized carbons (Fsp3) is 0.208. The number of aryl methyl sites for hydroxylation is 3. The lowest BCUT2D eigenvalue weighted by Crippen LogP contribution is -2.01. The van der Waals surface area contributed by atoms with Crippen molar-refractivity contribution in [2.24, 2.45) is 0 Å². The third kappa shape index (κ3) is 4.38. The van der Waals surface area contributed by atoms with Crippen LogP contribution in [0.15, 0.2) is 67.0 Å². The number of hydrogen-bond donors (Lipinski definition) is 1. The Labute approximate surface area is 176 Å². The second-order valence-corrected chi connectivity index (χ2v) is 7.56. The van der Waals surface area contributed by atoms with Gasteiger partial charge in [-0.25, -0.2) is 4.98 Å². The standard InChI is InChI=1S/C24H24ClN3O/c1-17-6-3-4-8-23(17)29-15-5-7-21-16-22(19-9-11-20(25)12-10-19)24(27-21)28-14-13-26-18(28)2/h3-4,6,8-14,16,27H,5,7,15H2,1-2H3. The average Bonchev–Trinajstić information content (AvgIpc) is 3.33. The third-order valence-corrected chi connectivity index (χ3v) is 5.27. The smallest absolute Gasteiger partial charge is 0.123 e. The van der Waals surface area contributed by atoms with Gasteiger partial charge in [0, 0.05) is 28.7 Å². The minimum Gasteiger partial charge on any atom is -0.493 e. The predicted molar refractivity (Wildman–Crippen MR) is 118 cm³/mol. The van der Waals surface area contributed by atoms with E-state index in [2.05, 4.69) is 33.6 Å². The fourth-order valence-corrected chi connectivity index (χ4v) is 3.58. The lowest BCUT2D eigenvalue weighted by Gasteiger charge is -2.08. The van der Waals surface area contributed by atoms with Crippen LogP contribution in [0.2, 0.25) is 5.02 Å². The monoisotopic (exact) mass is 405 g/mol. The molecule has 0 aliphatic rings. The first-order chi connectivity index (χ1) is 14.1. The number of ether oxygens (including phenoxy) is 1. The number of aromatic amines is 1.